The molecule has 0 saturated carbocycles. The molecule has 4 nitrogen and oxygen atoms in total. The molecule has 0 atom stereocenters. The van der Waals surface area contributed by atoms with E-state index < -0.39 is 0 Å². The van der Waals surface area contributed by atoms with E-state index in [0.717, 1.165) is 30.1 Å². The van der Waals surface area contributed by atoms with Crippen LogP contribution >= 0.6 is 23.2 Å². The molecule has 1 fully saturated rings. The lowest BCUT2D eigenvalue weighted by molar-refractivity contribution is 0.0746. The van der Waals surface area contributed by atoms with Gasteiger partial charge in [0.05, 0.1) is 12.8 Å². The Hall–Kier alpha value is -1.91. The summed E-state index contributed by atoms with van der Waals surface area (Å²) >= 11 is 12.1. The van der Waals surface area contributed by atoms with Gasteiger partial charge >= 0.3 is 0 Å². The van der Waals surface area contributed by atoms with Gasteiger partial charge in [0.1, 0.15) is 5.75 Å². The predicted molar refractivity (Wildman–Crippen MR) is 102 cm³/mol. The van der Waals surface area contributed by atoms with E-state index in [1.165, 1.54) is 0 Å². The number of methoxy groups -OCH3 is 1. The Morgan fingerprint density at radius 1 is 1.04 bits per heavy atom. The van der Waals surface area contributed by atoms with Crippen molar-refractivity contribution in [3.8, 4) is 5.75 Å². The summed E-state index contributed by atoms with van der Waals surface area (Å²) in [5.41, 5.74) is 2.69. The van der Waals surface area contributed by atoms with Crippen LogP contribution in [0.15, 0.2) is 36.4 Å². The summed E-state index contributed by atoms with van der Waals surface area (Å²) in [5.74, 6) is 0.795. The van der Waals surface area contributed by atoms with Gasteiger partial charge in [0.25, 0.3) is 5.91 Å². The fraction of sp³-hybridized carbons (Fsp3) is 0.316. The van der Waals surface area contributed by atoms with Gasteiger partial charge in [-0.15, -0.1) is 0 Å². The molecule has 2 aromatic rings. The molecule has 0 bridgehead atoms. The highest BCUT2D eigenvalue weighted by atomic mass is 35.5. The van der Waals surface area contributed by atoms with Crippen molar-refractivity contribution in [1.29, 1.82) is 0 Å². The molecule has 1 amide bonds. The molecule has 1 aliphatic rings. The van der Waals surface area contributed by atoms with Crippen molar-refractivity contribution in [2.24, 2.45) is 0 Å². The highest BCUT2D eigenvalue weighted by Gasteiger charge is 2.24. The molecular weight excluding hydrogens is 359 g/mol. The van der Waals surface area contributed by atoms with Gasteiger partial charge in [0.15, 0.2) is 0 Å². The number of ether oxygens (including phenoxy) is 1. The van der Waals surface area contributed by atoms with Crippen LogP contribution in [0, 0.1) is 6.92 Å². The second-order valence-electron chi connectivity index (χ2n) is 6.06. The number of hydrogen-bond donors (Lipinski definition) is 0. The van der Waals surface area contributed by atoms with Gasteiger partial charge in [-0.1, -0.05) is 23.2 Å². The molecule has 0 spiro atoms. The number of aryl methyl sites for hydroxylation is 1. The molecule has 0 N–H and O–H groups in total. The third kappa shape index (κ3) is 3.86. The normalized spacial score (nSPS) is 14.6. The zero-order chi connectivity index (χ0) is 18.0. The molecule has 1 aliphatic heterocycles. The molecule has 132 valence electrons. The summed E-state index contributed by atoms with van der Waals surface area (Å²) in [7, 11) is 1.64. The van der Waals surface area contributed by atoms with E-state index in [-0.39, 0.29) is 5.91 Å². The van der Waals surface area contributed by atoms with Crippen LogP contribution in [0.2, 0.25) is 10.0 Å². The molecule has 0 aliphatic carbocycles. The summed E-state index contributed by atoms with van der Waals surface area (Å²) in [4.78, 5) is 16.7. The SMILES string of the molecule is COc1cc(Cl)c(C)cc1N1CCN(C(=O)c2ccc(Cl)cc2)CC1. The topological polar surface area (TPSA) is 32.8 Å². The number of halogens is 2. The number of carbonyl (C=O) groups excluding carboxylic acids is 1. The Morgan fingerprint density at radius 2 is 1.68 bits per heavy atom. The maximum atomic E-state index is 12.6. The summed E-state index contributed by atoms with van der Waals surface area (Å²) in [6.07, 6.45) is 0. The van der Waals surface area contributed by atoms with Crippen LogP contribution in [-0.2, 0) is 0 Å². The second kappa shape index (κ2) is 7.54. The third-order valence-corrected chi connectivity index (χ3v) is 5.12. The van der Waals surface area contributed by atoms with E-state index in [9.17, 15) is 4.79 Å². The fourth-order valence-corrected chi connectivity index (χ4v) is 3.26. The smallest absolute Gasteiger partial charge is 0.253 e. The van der Waals surface area contributed by atoms with Crippen LogP contribution in [0.25, 0.3) is 0 Å². The predicted octanol–water partition coefficient (Wildman–Crippen LogP) is 4.27. The van der Waals surface area contributed by atoms with Crippen molar-refractivity contribution in [3.63, 3.8) is 0 Å². The van der Waals surface area contributed by atoms with E-state index in [4.69, 9.17) is 27.9 Å². The largest absolute Gasteiger partial charge is 0.495 e. The molecule has 1 saturated heterocycles. The van der Waals surface area contributed by atoms with Crippen LogP contribution in [-0.4, -0.2) is 44.1 Å². The zero-order valence-corrected chi connectivity index (χ0v) is 15.8. The number of rotatable bonds is 3. The molecule has 6 heteroatoms. The molecular formula is C19H20Cl2N2O2. The number of nitrogens with zero attached hydrogens (tertiary/aromatic N) is 2. The lowest BCUT2D eigenvalue weighted by atomic mass is 10.1. The summed E-state index contributed by atoms with van der Waals surface area (Å²) in [6, 6.07) is 10.9. The lowest BCUT2D eigenvalue weighted by Crippen LogP contribution is -2.48. The molecule has 1 heterocycles. The van der Waals surface area contributed by atoms with E-state index in [2.05, 4.69) is 4.90 Å². The minimum absolute atomic E-state index is 0.0376. The van der Waals surface area contributed by atoms with Gasteiger partial charge in [0.2, 0.25) is 0 Å². The van der Waals surface area contributed by atoms with Crippen molar-refractivity contribution in [1.82, 2.24) is 4.90 Å². The van der Waals surface area contributed by atoms with E-state index >= 15 is 0 Å². The monoisotopic (exact) mass is 378 g/mol. The van der Waals surface area contributed by atoms with Gasteiger partial charge in [-0.2, -0.15) is 0 Å². The molecule has 3 rings (SSSR count). The van der Waals surface area contributed by atoms with Crippen molar-refractivity contribution in [2.75, 3.05) is 38.2 Å². The number of hydrogen-bond acceptors (Lipinski definition) is 3. The highest BCUT2D eigenvalue weighted by Crippen LogP contribution is 2.34. The number of amides is 1. The maximum Gasteiger partial charge on any atom is 0.253 e. The van der Waals surface area contributed by atoms with E-state index in [0.29, 0.717) is 28.7 Å². The van der Waals surface area contributed by atoms with Gasteiger partial charge in [-0.05, 0) is 42.8 Å². The lowest BCUT2D eigenvalue weighted by Gasteiger charge is -2.37. The molecule has 2 aromatic carbocycles. The minimum Gasteiger partial charge on any atom is -0.495 e. The van der Waals surface area contributed by atoms with Gasteiger partial charge in [0, 0.05) is 47.9 Å². The summed E-state index contributed by atoms with van der Waals surface area (Å²) < 4.78 is 5.47. The summed E-state index contributed by atoms with van der Waals surface area (Å²) in [5, 5.41) is 1.32. The standard InChI is InChI=1S/C19H20Cl2N2O2/c1-13-11-17(18(25-2)12-16(13)21)22-7-9-23(10-8-22)19(24)14-3-5-15(20)6-4-14/h3-6,11-12H,7-10H2,1-2H3. The number of carbonyl (C=O) groups is 1. The quantitative estimate of drug-likeness (QED) is 0.799. The van der Waals surface area contributed by atoms with E-state index in [1.54, 1.807) is 31.4 Å². The first-order valence-corrected chi connectivity index (χ1v) is 8.89. The Morgan fingerprint density at radius 3 is 2.28 bits per heavy atom. The number of benzene rings is 2. The van der Waals surface area contributed by atoms with Crippen LogP contribution in [0.3, 0.4) is 0 Å². The van der Waals surface area contributed by atoms with Crippen LogP contribution in [0.4, 0.5) is 5.69 Å². The zero-order valence-electron chi connectivity index (χ0n) is 14.3. The van der Waals surface area contributed by atoms with Gasteiger partial charge in [-0.25, -0.2) is 0 Å². The van der Waals surface area contributed by atoms with E-state index in [1.807, 2.05) is 24.0 Å². The van der Waals surface area contributed by atoms with Crippen LogP contribution in [0.1, 0.15) is 15.9 Å². The van der Waals surface area contributed by atoms with Gasteiger partial charge in [-0.3, -0.25) is 4.79 Å². The Labute approximate surface area is 157 Å². The van der Waals surface area contributed by atoms with Crippen LogP contribution < -0.4 is 9.64 Å². The van der Waals surface area contributed by atoms with Gasteiger partial charge < -0.3 is 14.5 Å². The molecule has 0 radical (unpaired) electrons. The molecule has 0 unspecified atom stereocenters. The Kier molecular flexibility index (Phi) is 5.40. The van der Waals surface area contributed by atoms with Crippen molar-refractivity contribution < 1.29 is 9.53 Å². The fourth-order valence-electron chi connectivity index (χ4n) is 2.98. The highest BCUT2D eigenvalue weighted by molar-refractivity contribution is 6.31. The van der Waals surface area contributed by atoms with Crippen LogP contribution in [0.5, 0.6) is 5.75 Å². The Balaban J connectivity index is 1.71. The Bertz CT molecular complexity index is 770. The van der Waals surface area contributed by atoms with Crippen molar-refractivity contribution >= 4 is 34.8 Å². The second-order valence-corrected chi connectivity index (χ2v) is 6.90. The number of anilines is 1. The molecule has 0 aromatic heterocycles. The first-order chi connectivity index (χ1) is 12.0. The molecule has 25 heavy (non-hydrogen) atoms. The van der Waals surface area contributed by atoms with Crippen molar-refractivity contribution in [2.45, 2.75) is 6.92 Å². The maximum absolute atomic E-state index is 12.6. The number of piperazine rings is 1. The third-order valence-electron chi connectivity index (χ3n) is 4.46. The average molecular weight is 379 g/mol. The average Bonchev–Trinajstić information content (AvgIpc) is 2.64. The van der Waals surface area contributed by atoms with Crippen molar-refractivity contribution in [3.05, 3.63) is 57.6 Å². The first kappa shape index (κ1) is 17.9. The minimum atomic E-state index is 0.0376. The first-order valence-electron chi connectivity index (χ1n) is 8.13. The summed E-state index contributed by atoms with van der Waals surface area (Å²) in [6.45, 7) is 4.79.